The highest BCUT2D eigenvalue weighted by molar-refractivity contribution is 6.02. The Morgan fingerprint density at radius 1 is 1.26 bits per heavy atom. The third-order valence-corrected chi connectivity index (χ3v) is 3.21. The van der Waals surface area contributed by atoms with Crippen molar-refractivity contribution in [3.8, 4) is 0 Å². The topological polar surface area (TPSA) is 137 Å². The quantitative estimate of drug-likeness (QED) is 0.422. The van der Waals surface area contributed by atoms with Crippen LogP contribution in [0.4, 0.5) is 4.79 Å². The van der Waals surface area contributed by atoms with Crippen molar-refractivity contribution in [3.63, 3.8) is 0 Å². The van der Waals surface area contributed by atoms with E-state index in [9.17, 15) is 24.3 Å². The fourth-order valence-corrected chi connectivity index (χ4v) is 2.06. The Labute approximate surface area is 131 Å². The average molecular weight is 320 g/mol. The Hall–Kier alpha value is -2.94. The van der Waals surface area contributed by atoms with Gasteiger partial charge in [0.05, 0.1) is 6.42 Å². The minimum absolute atomic E-state index is 0.161. The Morgan fingerprint density at radius 2 is 1.96 bits per heavy atom. The second-order valence-corrected chi connectivity index (χ2v) is 4.99. The van der Waals surface area contributed by atoms with Crippen molar-refractivity contribution in [1.82, 2.24) is 21.5 Å². The number of carboxylic acid groups (broad SMARTS) is 1. The van der Waals surface area contributed by atoms with Crippen LogP contribution in [0.2, 0.25) is 0 Å². The van der Waals surface area contributed by atoms with Gasteiger partial charge in [0.2, 0.25) is 5.91 Å². The van der Waals surface area contributed by atoms with E-state index in [1.165, 1.54) is 0 Å². The largest absolute Gasteiger partial charge is 0.480 e. The number of hydrogen-bond acceptors (Lipinski definition) is 5. The third kappa shape index (κ3) is 4.78. The first-order valence-electron chi connectivity index (χ1n) is 6.88. The summed E-state index contributed by atoms with van der Waals surface area (Å²) in [5.74, 6) is -2.40. The van der Waals surface area contributed by atoms with Crippen molar-refractivity contribution in [2.24, 2.45) is 0 Å². The summed E-state index contributed by atoms with van der Waals surface area (Å²) in [5.41, 5.74) is 5.43. The summed E-state index contributed by atoms with van der Waals surface area (Å²) in [5, 5.41) is 13.5. The first kappa shape index (κ1) is 16.4. The van der Waals surface area contributed by atoms with E-state index < -0.39 is 35.9 Å². The molecule has 0 saturated carbocycles. The molecule has 23 heavy (non-hydrogen) atoms. The zero-order chi connectivity index (χ0) is 16.8. The molecule has 5 N–H and O–H groups in total. The van der Waals surface area contributed by atoms with Gasteiger partial charge in [-0.05, 0) is 5.56 Å². The lowest BCUT2D eigenvalue weighted by molar-refractivity contribution is -0.140. The second kappa shape index (κ2) is 7.36. The van der Waals surface area contributed by atoms with Crippen LogP contribution in [0.25, 0.3) is 0 Å². The number of nitrogens with one attached hydrogen (secondary N) is 4. The molecular formula is C14H16N4O5. The Kier molecular flexibility index (Phi) is 5.26. The maximum absolute atomic E-state index is 11.9. The molecule has 1 aliphatic heterocycles. The summed E-state index contributed by atoms with van der Waals surface area (Å²) in [6, 6.07) is 6.05. The predicted molar refractivity (Wildman–Crippen MR) is 77.9 cm³/mol. The van der Waals surface area contributed by atoms with Crippen LogP contribution in [0.1, 0.15) is 12.0 Å². The maximum Gasteiger partial charge on any atom is 0.322 e. The van der Waals surface area contributed by atoms with Crippen LogP contribution in [0.3, 0.4) is 0 Å². The zero-order valence-corrected chi connectivity index (χ0v) is 12.0. The van der Waals surface area contributed by atoms with Gasteiger partial charge in [-0.3, -0.25) is 25.1 Å². The number of carbonyl (C=O) groups excluding carboxylic acids is 3. The second-order valence-electron chi connectivity index (χ2n) is 4.99. The van der Waals surface area contributed by atoms with Crippen molar-refractivity contribution in [3.05, 3.63) is 35.9 Å². The molecule has 1 heterocycles. The number of imide groups is 1. The molecule has 0 bridgehead atoms. The Balaban J connectivity index is 1.90. The number of benzene rings is 1. The number of aliphatic carboxylic acids is 1. The van der Waals surface area contributed by atoms with Gasteiger partial charge < -0.3 is 10.4 Å². The molecule has 1 aromatic carbocycles. The molecule has 0 radical (unpaired) electrons. The van der Waals surface area contributed by atoms with Gasteiger partial charge in [0.25, 0.3) is 5.91 Å². The molecule has 0 aliphatic carbocycles. The number of urea groups is 1. The first-order chi connectivity index (χ1) is 11.0. The molecule has 122 valence electrons. The Morgan fingerprint density at radius 3 is 2.57 bits per heavy atom. The molecule has 0 spiro atoms. The van der Waals surface area contributed by atoms with Gasteiger partial charge in [0.1, 0.15) is 12.1 Å². The number of carboxylic acids is 1. The molecule has 9 nitrogen and oxygen atoms in total. The summed E-state index contributed by atoms with van der Waals surface area (Å²) >= 11 is 0. The van der Waals surface area contributed by atoms with Crippen LogP contribution in [0, 0.1) is 0 Å². The lowest BCUT2D eigenvalue weighted by atomic mass is 10.1. The van der Waals surface area contributed by atoms with Crippen molar-refractivity contribution in [1.29, 1.82) is 0 Å². The van der Waals surface area contributed by atoms with Gasteiger partial charge in [0.15, 0.2) is 0 Å². The summed E-state index contributed by atoms with van der Waals surface area (Å²) < 4.78 is 0. The molecule has 4 amide bonds. The van der Waals surface area contributed by atoms with Crippen LogP contribution in [-0.4, -0.2) is 41.0 Å². The van der Waals surface area contributed by atoms with E-state index in [1.807, 2.05) is 11.4 Å². The van der Waals surface area contributed by atoms with E-state index in [1.54, 1.807) is 24.3 Å². The normalized spacial score (nSPS) is 18.5. The van der Waals surface area contributed by atoms with E-state index >= 15 is 0 Å². The summed E-state index contributed by atoms with van der Waals surface area (Å²) in [4.78, 5) is 45.5. The highest BCUT2D eigenvalue weighted by Gasteiger charge is 2.30. The summed E-state index contributed by atoms with van der Waals surface area (Å²) in [6.45, 7) is 0. The van der Waals surface area contributed by atoms with Crippen LogP contribution in [0.15, 0.2) is 30.3 Å². The average Bonchev–Trinajstić information content (AvgIpc) is 2.50. The van der Waals surface area contributed by atoms with E-state index in [-0.39, 0.29) is 12.8 Å². The lowest BCUT2D eigenvalue weighted by Gasteiger charge is -2.23. The van der Waals surface area contributed by atoms with Crippen molar-refractivity contribution >= 4 is 23.8 Å². The van der Waals surface area contributed by atoms with E-state index in [0.717, 1.165) is 5.56 Å². The molecule has 9 heteroatoms. The van der Waals surface area contributed by atoms with Crippen LogP contribution in [0.5, 0.6) is 0 Å². The Bertz CT molecular complexity index is 603. The summed E-state index contributed by atoms with van der Waals surface area (Å²) in [7, 11) is 0. The third-order valence-electron chi connectivity index (χ3n) is 3.21. The predicted octanol–water partition coefficient (Wildman–Crippen LogP) is -1.10. The van der Waals surface area contributed by atoms with Gasteiger partial charge in [-0.25, -0.2) is 10.2 Å². The summed E-state index contributed by atoms with van der Waals surface area (Å²) in [6.07, 6.45) is -0.0519. The fraction of sp³-hybridized carbons (Fsp3) is 0.286. The van der Waals surface area contributed by atoms with E-state index in [4.69, 9.17) is 0 Å². The maximum atomic E-state index is 11.9. The van der Waals surface area contributed by atoms with Gasteiger partial charge in [-0.2, -0.15) is 0 Å². The fourth-order valence-electron chi connectivity index (χ4n) is 2.06. The van der Waals surface area contributed by atoms with Crippen LogP contribution >= 0.6 is 0 Å². The zero-order valence-electron chi connectivity index (χ0n) is 12.0. The molecule has 2 rings (SSSR count). The first-order valence-corrected chi connectivity index (χ1v) is 6.88. The number of hydrazine groups is 1. The van der Waals surface area contributed by atoms with Gasteiger partial charge in [0, 0.05) is 6.42 Å². The molecule has 1 saturated heterocycles. The highest BCUT2D eigenvalue weighted by Crippen LogP contribution is 2.03. The van der Waals surface area contributed by atoms with Crippen molar-refractivity contribution in [2.45, 2.75) is 24.9 Å². The van der Waals surface area contributed by atoms with E-state index in [2.05, 4.69) is 16.2 Å². The molecule has 1 aromatic rings. The SMILES string of the molecule is O=C1CC(C(=O)NN[C@@H](Cc2ccccc2)C(=O)O)NC(=O)N1. The standard InChI is InChI=1S/C14H16N4O5/c19-11-7-9(15-14(23)16-11)12(20)18-17-10(13(21)22)6-8-4-2-1-3-5-8/h1-5,9-10,17H,6-7H2,(H,18,20)(H,21,22)(H2,15,16,19,23)/t9?,10-/m0/s1. The number of hydrogen-bond donors (Lipinski definition) is 5. The minimum atomic E-state index is -1.14. The lowest BCUT2D eigenvalue weighted by Crippen LogP contribution is -2.60. The van der Waals surface area contributed by atoms with Crippen LogP contribution in [-0.2, 0) is 20.8 Å². The molecular weight excluding hydrogens is 304 g/mol. The number of amides is 4. The van der Waals surface area contributed by atoms with Crippen molar-refractivity contribution in [2.75, 3.05) is 0 Å². The monoisotopic (exact) mass is 320 g/mol. The molecule has 1 unspecified atom stereocenters. The molecule has 1 fully saturated rings. The van der Waals surface area contributed by atoms with Gasteiger partial charge in [-0.1, -0.05) is 30.3 Å². The molecule has 1 aliphatic rings. The number of carbonyl (C=O) groups is 4. The minimum Gasteiger partial charge on any atom is -0.480 e. The van der Waals surface area contributed by atoms with Gasteiger partial charge in [-0.15, -0.1) is 0 Å². The highest BCUT2D eigenvalue weighted by atomic mass is 16.4. The smallest absolute Gasteiger partial charge is 0.322 e. The van der Waals surface area contributed by atoms with E-state index in [0.29, 0.717) is 0 Å². The molecule has 0 aromatic heterocycles. The van der Waals surface area contributed by atoms with Crippen molar-refractivity contribution < 1.29 is 24.3 Å². The number of rotatable bonds is 6. The van der Waals surface area contributed by atoms with Gasteiger partial charge >= 0.3 is 12.0 Å². The van der Waals surface area contributed by atoms with Crippen LogP contribution < -0.4 is 21.5 Å². The molecule has 2 atom stereocenters.